The fraction of sp³-hybridized carbons (Fsp3) is 0.438. The first-order valence-corrected chi connectivity index (χ1v) is 7.61. The van der Waals surface area contributed by atoms with Crippen LogP contribution in [-0.4, -0.2) is 16.3 Å². The van der Waals surface area contributed by atoms with Gasteiger partial charge < -0.3 is 5.32 Å². The van der Waals surface area contributed by atoms with Crippen LogP contribution in [0.2, 0.25) is 5.02 Å². The summed E-state index contributed by atoms with van der Waals surface area (Å²) in [6, 6.07) is 8.28. The minimum atomic E-state index is 0.255. The van der Waals surface area contributed by atoms with Crippen LogP contribution in [0.3, 0.4) is 0 Å². The molecule has 4 heteroatoms. The van der Waals surface area contributed by atoms with Gasteiger partial charge in [-0.05, 0) is 31.0 Å². The van der Waals surface area contributed by atoms with Crippen LogP contribution in [0.4, 0.5) is 0 Å². The number of benzene rings is 1. The van der Waals surface area contributed by atoms with Crippen LogP contribution in [0, 0.1) is 0 Å². The second-order valence-corrected chi connectivity index (χ2v) is 5.35. The largest absolute Gasteiger partial charge is 0.310 e. The predicted octanol–water partition coefficient (Wildman–Crippen LogP) is 3.84. The molecule has 0 fully saturated rings. The number of aromatic nitrogens is 2. The molecule has 1 heterocycles. The summed E-state index contributed by atoms with van der Waals surface area (Å²) < 4.78 is 2.01. The standard InChI is InChI=1S/C16H22ClN3/c1-3-9-20-12-14(11-19-20)16(18-4-2)10-13-7-5-6-8-15(13)17/h5-8,11-12,16,18H,3-4,9-10H2,1-2H3. The average Bonchev–Trinajstić information content (AvgIpc) is 2.90. The summed E-state index contributed by atoms with van der Waals surface area (Å²) in [6.45, 7) is 6.17. The summed E-state index contributed by atoms with van der Waals surface area (Å²) in [4.78, 5) is 0. The fourth-order valence-corrected chi connectivity index (χ4v) is 2.56. The van der Waals surface area contributed by atoms with Crippen molar-refractivity contribution in [1.82, 2.24) is 15.1 Å². The maximum Gasteiger partial charge on any atom is 0.0537 e. The highest BCUT2D eigenvalue weighted by Gasteiger charge is 2.14. The minimum Gasteiger partial charge on any atom is -0.310 e. The molecule has 1 N–H and O–H groups in total. The average molecular weight is 292 g/mol. The first-order chi connectivity index (χ1) is 9.74. The number of hydrogen-bond acceptors (Lipinski definition) is 2. The van der Waals surface area contributed by atoms with E-state index in [-0.39, 0.29) is 6.04 Å². The van der Waals surface area contributed by atoms with Crippen molar-refractivity contribution in [2.75, 3.05) is 6.54 Å². The van der Waals surface area contributed by atoms with E-state index >= 15 is 0 Å². The zero-order valence-corrected chi connectivity index (χ0v) is 12.9. The van der Waals surface area contributed by atoms with Crippen LogP contribution in [0.15, 0.2) is 36.7 Å². The quantitative estimate of drug-likeness (QED) is 0.840. The van der Waals surface area contributed by atoms with Crippen LogP contribution in [0.25, 0.3) is 0 Å². The van der Waals surface area contributed by atoms with Crippen molar-refractivity contribution in [3.05, 3.63) is 52.8 Å². The van der Waals surface area contributed by atoms with Gasteiger partial charge in [-0.2, -0.15) is 5.10 Å². The normalized spacial score (nSPS) is 12.6. The Kier molecular flexibility index (Phi) is 5.62. The Morgan fingerprint density at radius 3 is 2.80 bits per heavy atom. The summed E-state index contributed by atoms with van der Waals surface area (Å²) in [5.74, 6) is 0. The molecule has 0 radical (unpaired) electrons. The Balaban J connectivity index is 2.15. The number of likely N-dealkylation sites (N-methyl/N-ethyl adjacent to an activating group) is 1. The Labute approximate surface area is 126 Å². The van der Waals surface area contributed by atoms with E-state index in [1.807, 2.05) is 29.1 Å². The highest BCUT2D eigenvalue weighted by atomic mass is 35.5. The van der Waals surface area contributed by atoms with Gasteiger partial charge in [0.05, 0.1) is 6.20 Å². The molecule has 1 aromatic carbocycles. The van der Waals surface area contributed by atoms with Crippen LogP contribution >= 0.6 is 11.6 Å². The third-order valence-corrected chi connectivity index (χ3v) is 3.71. The van der Waals surface area contributed by atoms with Crippen molar-refractivity contribution >= 4 is 11.6 Å². The number of rotatable bonds is 7. The van der Waals surface area contributed by atoms with Crippen molar-refractivity contribution < 1.29 is 0 Å². The zero-order chi connectivity index (χ0) is 14.4. The van der Waals surface area contributed by atoms with Crippen molar-refractivity contribution in [2.45, 2.75) is 39.3 Å². The third kappa shape index (κ3) is 3.84. The first-order valence-electron chi connectivity index (χ1n) is 7.23. The molecule has 0 saturated carbocycles. The number of halogens is 1. The molecule has 0 aliphatic rings. The van der Waals surface area contributed by atoms with Crippen LogP contribution in [0.1, 0.15) is 37.4 Å². The smallest absolute Gasteiger partial charge is 0.0537 e. The van der Waals surface area contributed by atoms with E-state index in [0.717, 1.165) is 31.0 Å². The lowest BCUT2D eigenvalue weighted by Gasteiger charge is -2.17. The lowest BCUT2D eigenvalue weighted by atomic mass is 10.0. The molecule has 0 bridgehead atoms. The maximum absolute atomic E-state index is 6.26. The second kappa shape index (κ2) is 7.46. The number of hydrogen-bond donors (Lipinski definition) is 1. The van der Waals surface area contributed by atoms with Gasteiger partial charge in [0.1, 0.15) is 0 Å². The Hall–Kier alpha value is -1.32. The van der Waals surface area contributed by atoms with Gasteiger partial charge in [0, 0.05) is 29.4 Å². The molecule has 0 aliphatic carbocycles. The number of nitrogens with one attached hydrogen (secondary N) is 1. The van der Waals surface area contributed by atoms with Gasteiger partial charge in [-0.15, -0.1) is 0 Å². The van der Waals surface area contributed by atoms with Crippen LogP contribution in [-0.2, 0) is 13.0 Å². The van der Waals surface area contributed by atoms with E-state index < -0.39 is 0 Å². The molecule has 2 rings (SSSR count). The molecule has 1 unspecified atom stereocenters. The van der Waals surface area contributed by atoms with Crippen LogP contribution < -0.4 is 5.32 Å². The lowest BCUT2D eigenvalue weighted by Crippen LogP contribution is -2.22. The van der Waals surface area contributed by atoms with E-state index in [9.17, 15) is 0 Å². The molecule has 0 aliphatic heterocycles. The molecule has 2 aromatic rings. The Morgan fingerprint density at radius 1 is 1.30 bits per heavy atom. The summed E-state index contributed by atoms with van der Waals surface area (Å²) >= 11 is 6.26. The predicted molar refractivity (Wildman–Crippen MR) is 84.1 cm³/mol. The van der Waals surface area contributed by atoms with Crippen molar-refractivity contribution in [1.29, 1.82) is 0 Å². The van der Waals surface area contributed by atoms with Gasteiger partial charge in [-0.1, -0.05) is 43.6 Å². The molecule has 0 saturated heterocycles. The minimum absolute atomic E-state index is 0.255. The van der Waals surface area contributed by atoms with E-state index in [0.29, 0.717) is 0 Å². The van der Waals surface area contributed by atoms with Crippen molar-refractivity contribution in [2.24, 2.45) is 0 Å². The molecule has 1 atom stereocenters. The van der Waals surface area contributed by atoms with E-state index in [2.05, 4.69) is 36.5 Å². The third-order valence-electron chi connectivity index (χ3n) is 3.34. The molecule has 20 heavy (non-hydrogen) atoms. The van der Waals surface area contributed by atoms with E-state index in [4.69, 9.17) is 11.6 Å². The maximum atomic E-state index is 6.26. The van der Waals surface area contributed by atoms with Crippen LogP contribution in [0.5, 0.6) is 0 Å². The molecule has 3 nitrogen and oxygen atoms in total. The van der Waals surface area contributed by atoms with Crippen molar-refractivity contribution in [3.63, 3.8) is 0 Å². The molecule has 108 valence electrons. The molecule has 0 spiro atoms. The summed E-state index contributed by atoms with van der Waals surface area (Å²) in [5, 5.41) is 8.76. The fourth-order valence-electron chi connectivity index (χ4n) is 2.35. The number of aryl methyl sites for hydroxylation is 1. The van der Waals surface area contributed by atoms with E-state index in [1.54, 1.807) is 0 Å². The monoisotopic (exact) mass is 291 g/mol. The van der Waals surface area contributed by atoms with Gasteiger partial charge in [-0.3, -0.25) is 4.68 Å². The lowest BCUT2D eigenvalue weighted by molar-refractivity contribution is 0.547. The topological polar surface area (TPSA) is 29.9 Å². The Bertz CT molecular complexity index is 536. The zero-order valence-electron chi connectivity index (χ0n) is 12.1. The van der Waals surface area contributed by atoms with E-state index in [1.165, 1.54) is 11.1 Å². The summed E-state index contributed by atoms with van der Waals surface area (Å²) in [6.07, 6.45) is 6.07. The molecular weight excluding hydrogens is 270 g/mol. The second-order valence-electron chi connectivity index (χ2n) is 4.94. The van der Waals surface area contributed by atoms with Gasteiger partial charge in [-0.25, -0.2) is 0 Å². The molecular formula is C16H22ClN3. The molecule has 1 aromatic heterocycles. The van der Waals surface area contributed by atoms with Gasteiger partial charge >= 0.3 is 0 Å². The van der Waals surface area contributed by atoms with Crippen molar-refractivity contribution in [3.8, 4) is 0 Å². The summed E-state index contributed by atoms with van der Waals surface area (Å²) in [7, 11) is 0. The first kappa shape index (κ1) is 15.1. The summed E-state index contributed by atoms with van der Waals surface area (Å²) in [5.41, 5.74) is 2.39. The molecule has 0 amide bonds. The highest BCUT2D eigenvalue weighted by Crippen LogP contribution is 2.23. The van der Waals surface area contributed by atoms with Gasteiger partial charge in [0.2, 0.25) is 0 Å². The van der Waals surface area contributed by atoms with Gasteiger partial charge in [0.25, 0.3) is 0 Å². The SMILES string of the molecule is CCCn1cc(C(Cc2ccccc2Cl)NCC)cn1. The highest BCUT2D eigenvalue weighted by molar-refractivity contribution is 6.31. The number of nitrogens with zero attached hydrogens (tertiary/aromatic N) is 2. The van der Waals surface area contributed by atoms with Gasteiger partial charge in [0.15, 0.2) is 0 Å². The Morgan fingerprint density at radius 2 is 2.10 bits per heavy atom.